The molecule has 0 aliphatic carbocycles. The van der Waals surface area contributed by atoms with Crippen LogP contribution in [-0.4, -0.2) is 11.3 Å². The third-order valence-electron chi connectivity index (χ3n) is 1.64. The summed E-state index contributed by atoms with van der Waals surface area (Å²) in [4.78, 5) is 3.48. The highest BCUT2D eigenvalue weighted by Crippen LogP contribution is 2.34. The first kappa shape index (κ1) is 14.4. The Morgan fingerprint density at radius 2 is 2.00 bits per heavy atom. The van der Waals surface area contributed by atoms with Gasteiger partial charge in [-0.25, -0.2) is 13.8 Å². The van der Waals surface area contributed by atoms with Crippen LogP contribution in [0.1, 0.15) is 17.7 Å². The number of rotatable bonds is 3. The topological polar surface area (TPSA) is 22.1 Å². The van der Waals surface area contributed by atoms with Gasteiger partial charge in [0.1, 0.15) is 4.60 Å². The van der Waals surface area contributed by atoms with Crippen LogP contribution in [-0.2, 0) is 5.88 Å². The van der Waals surface area contributed by atoms with Gasteiger partial charge in [-0.1, -0.05) is 0 Å². The second-order valence-electron chi connectivity index (χ2n) is 2.80. The van der Waals surface area contributed by atoms with Gasteiger partial charge in [0, 0.05) is 5.56 Å². The number of halogens is 7. The van der Waals surface area contributed by atoms with Gasteiger partial charge in [0.2, 0.25) is 0 Å². The molecule has 0 saturated heterocycles. The van der Waals surface area contributed by atoms with Gasteiger partial charge in [0.25, 0.3) is 6.43 Å². The fraction of sp³-hybridized carbons (Fsp3) is 0.375. The molecule has 1 rings (SSSR count). The van der Waals surface area contributed by atoms with Crippen LogP contribution in [0.15, 0.2) is 10.7 Å². The molecule has 9 heteroatoms. The molecule has 0 amide bonds. The monoisotopic (exact) mass is 339 g/mol. The highest BCUT2D eigenvalue weighted by atomic mass is 79.9. The zero-order valence-electron chi connectivity index (χ0n) is 7.86. The summed E-state index contributed by atoms with van der Waals surface area (Å²) >= 11 is 8.04. The second kappa shape index (κ2) is 5.34. The third-order valence-corrected chi connectivity index (χ3v) is 2.46. The average Bonchev–Trinajstić information content (AvgIpc) is 2.18. The molecule has 0 fully saturated rings. The minimum atomic E-state index is -4.98. The van der Waals surface area contributed by atoms with Gasteiger partial charge in [0.15, 0.2) is 5.75 Å². The van der Waals surface area contributed by atoms with Crippen LogP contribution in [0.25, 0.3) is 0 Å². The SMILES string of the molecule is FC(F)c1cc(OC(F)(F)F)c(Br)nc1CCl. The molecule has 0 spiro atoms. The Labute approximate surface area is 106 Å². The van der Waals surface area contributed by atoms with E-state index >= 15 is 0 Å². The molecule has 0 radical (unpaired) electrons. The van der Waals surface area contributed by atoms with E-state index in [4.69, 9.17) is 11.6 Å². The summed E-state index contributed by atoms with van der Waals surface area (Å²) in [6.07, 6.45) is -7.97. The fourth-order valence-corrected chi connectivity index (χ4v) is 1.64. The molecule has 0 bridgehead atoms. The van der Waals surface area contributed by atoms with Crippen LogP contribution < -0.4 is 4.74 Å². The lowest BCUT2D eigenvalue weighted by Gasteiger charge is -2.13. The highest BCUT2D eigenvalue weighted by molar-refractivity contribution is 9.10. The largest absolute Gasteiger partial charge is 0.573 e. The van der Waals surface area contributed by atoms with E-state index in [1.54, 1.807) is 0 Å². The van der Waals surface area contributed by atoms with Crippen LogP contribution >= 0.6 is 27.5 Å². The first-order valence-corrected chi connectivity index (χ1v) is 5.36. The molecule has 17 heavy (non-hydrogen) atoms. The summed E-state index contributed by atoms with van der Waals surface area (Å²) < 4.78 is 64.1. The quantitative estimate of drug-likeness (QED) is 0.462. The van der Waals surface area contributed by atoms with Gasteiger partial charge in [-0.05, 0) is 22.0 Å². The second-order valence-corrected chi connectivity index (χ2v) is 3.81. The number of aromatic nitrogens is 1. The van der Waals surface area contributed by atoms with E-state index in [-0.39, 0.29) is 16.2 Å². The number of nitrogens with zero attached hydrogens (tertiary/aromatic N) is 1. The normalized spacial score (nSPS) is 12.0. The van der Waals surface area contributed by atoms with Gasteiger partial charge in [-0.3, -0.25) is 0 Å². The van der Waals surface area contributed by atoms with Crippen LogP contribution in [0.3, 0.4) is 0 Å². The van der Waals surface area contributed by atoms with Crippen LogP contribution in [0.2, 0.25) is 0 Å². The molecule has 1 heterocycles. The van der Waals surface area contributed by atoms with E-state index < -0.39 is 24.1 Å². The Hall–Kier alpha value is -0.630. The number of pyridine rings is 1. The summed E-state index contributed by atoms with van der Waals surface area (Å²) in [6.45, 7) is 0. The molecule has 2 nitrogen and oxygen atoms in total. The van der Waals surface area contributed by atoms with E-state index in [0.717, 1.165) is 0 Å². The van der Waals surface area contributed by atoms with Crippen molar-refractivity contribution < 1.29 is 26.7 Å². The maximum absolute atomic E-state index is 12.5. The van der Waals surface area contributed by atoms with Crippen molar-refractivity contribution in [3.63, 3.8) is 0 Å². The Bertz CT molecular complexity index is 412. The van der Waals surface area contributed by atoms with Gasteiger partial charge in [0.05, 0.1) is 11.6 Å². The number of ether oxygens (including phenoxy) is 1. The predicted octanol–water partition coefficient (Wildman–Crippen LogP) is 4.42. The summed E-state index contributed by atoms with van der Waals surface area (Å²) in [7, 11) is 0. The summed E-state index contributed by atoms with van der Waals surface area (Å²) in [5, 5.41) is 0. The fourth-order valence-electron chi connectivity index (χ4n) is 1.01. The van der Waals surface area contributed by atoms with Crippen molar-refractivity contribution in [2.24, 2.45) is 0 Å². The zero-order valence-corrected chi connectivity index (χ0v) is 10.2. The first-order chi connectivity index (χ1) is 7.74. The van der Waals surface area contributed by atoms with E-state index in [2.05, 4.69) is 25.7 Å². The highest BCUT2D eigenvalue weighted by Gasteiger charge is 2.33. The molecule has 96 valence electrons. The summed E-state index contributed by atoms with van der Waals surface area (Å²) in [5.41, 5.74) is -0.898. The molecule has 1 aromatic heterocycles. The molecular formula is C8H4BrClF5NO. The molecular weight excluding hydrogens is 336 g/mol. The molecule has 0 aliphatic rings. The molecule has 0 unspecified atom stereocenters. The summed E-state index contributed by atoms with van der Waals surface area (Å²) in [5.74, 6) is -1.17. The van der Waals surface area contributed by atoms with Crippen LogP contribution in [0.4, 0.5) is 22.0 Å². The van der Waals surface area contributed by atoms with E-state index in [1.165, 1.54) is 0 Å². The molecule has 0 aliphatic heterocycles. The average molecular weight is 340 g/mol. The Morgan fingerprint density at radius 1 is 1.41 bits per heavy atom. The number of hydrogen-bond donors (Lipinski definition) is 0. The minimum absolute atomic E-state index is 0.205. The molecule has 1 aromatic rings. The standard InChI is InChI=1S/C8H4BrClF5NO/c9-6-5(17-8(13,14)15)1-3(7(11)12)4(2-10)16-6/h1,7H,2H2. The van der Waals surface area contributed by atoms with Crippen molar-refractivity contribution in [2.45, 2.75) is 18.7 Å². The predicted molar refractivity (Wildman–Crippen MR) is 53.1 cm³/mol. The lowest BCUT2D eigenvalue weighted by molar-refractivity contribution is -0.275. The molecule has 0 aromatic carbocycles. The lowest BCUT2D eigenvalue weighted by atomic mass is 10.2. The van der Waals surface area contributed by atoms with Gasteiger partial charge in [-0.15, -0.1) is 24.8 Å². The Morgan fingerprint density at radius 3 is 2.41 bits per heavy atom. The Kier molecular flexibility index (Phi) is 4.54. The van der Waals surface area contributed by atoms with E-state index in [9.17, 15) is 22.0 Å². The van der Waals surface area contributed by atoms with Crippen molar-refractivity contribution in [3.05, 3.63) is 21.9 Å². The zero-order chi connectivity index (χ0) is 13.2. The smallest absolute Gasteiger partial charge is 0.403 e. The van der Waals surface area contributed by atoms with Gasteiger partial charge in [-0.2, -0.15) is 0 Å². The summed E-state index contributed by atoms with van der Waals surface area (Å²) in [6, 6.07) is 0.562. The minimum Gasteiger partial charge on any atom is -0.403 e. The number of alkyl halides is 6. The third kappa shape index (κ3) is 3.95. The van der Waals surface area contributed by atoms with Crippen molar-refractivity contribution >= 4 is 27.5 Å². The maximum atomic E-state index is 12.5. The van der Waals surface area contributed by atoms with Gasteiger partial charge < -0.3 is 4.74 Å². The molecule has 0 atom stereocenters. The number of hydrogen-bond acceptors (Lipinski definition) is 2. The lowest BCUT2D eigenvalue weighted by Crippen LogP contribution is -2.18. The van der Waals surface area contributed by atoms with E-state index in [0.29, 0.717) is 6.07 Å². The van der Waals surface area contributed by atoms with Crippen molar-refractivity contribution in [1.29, 1.82) is 0 Å². The van der Waals surface area contributed by atoms with Crippen molar-refractivity contribution in [1.82, 2.24) is 4.98 Å². The molecule has 0 N–H and O–H groups in total. The van der Waals surface area contributed by atoms with Crippen molar-refractivity contribution in [2.75, 3.05) is 0 Å². The van der Waals surface area contributed by atoms with Crippen molar-refractivity contribution in [3.8, 4) is 5.75 Å². The van der Waals surface area contributed by atoms with Crippen LogP contribution in [0, 0.1) is 0 Å². The van der Waals surface area contributed by atoms with Gasteiger partial charge >= 0.3 is 6.36 Å². The Balaban J connectivity index is 3.20. The van der Waals surface area contributed by atoms with Crippen LogP contribution in [0.5, 0.6) is 5.75 Å². The van der Waals surface area contributed by atoms with E-state index in [1.807, 2.05) is 0 Å². The first-order valence-electron chi connectivity index (χ1n) is 4.03. The maximum Gasteiger partial charge on any atom is 0.573 e. The molecule has 0 saturated carbocycles.